The van der Waals surface area contributed by atoms with Crippen molar-refractivity contribution in [3.05, 3.63) is 32.7 Å². The SMILES string of the molecule is CC(C)(C)OC(=O)Cn1c(N2CCn3c(nnc3C(F)(F)F)C2)ncc(Br)c1=O. The third-order valence-corrected chi connectivity index (χ3v) is 4.53. The number of anilines is 1. The van der Waals surface area contributed by atoms with Crippen molar-refractivity contribution in [2.24, 2.45) is 0 Å². The lowest BCUT2D eigenvalue weighted by Crippen LogP contribution is -2.40. The second-order valence-corrected chi connectivity index (χ2v) is 8.25. The van der Waals surface area contributed by atoms with Gasteiger partial charge in [-0.05, 0) is 36.7 Å². The monoisotopic (exact) mass is 478 g/mol. The summed E-state index contributed by atoms with van der Waals surface area (Å²) in [7, 11) is 0. The minimum Gasteiger partial charge on any atom is -0.459 e. The largest absolute Gasteiger partial charge is 0.459 e. The van der Waals surface area contributed by atoms with Gasteiger partial charge in [-0.3, -0.25) is 14.2 Å². The molecule has 29 heavy (non-hydrogen) atoms. The van der Waals surface area contributed by atoms with E-state index < -0.39 is 35.7 Å². The van der Waals surface area contributed by atoms with Crippen LogP contribution in [0.2, 0.25) is 0 Å². The van der Waals surface area contributed by atoms with Crippen LogP contribution in [0.15, 0.2) is 15.5 Å². The molecule has 1 aliphatic rings. The van der Waals surface area contributed by atoms with E-state index in [2.05, 4.69) is 31.1 Å². The topological polar surface area (TPSA) is 95.1 Å². The van der Waals surface area contributed by atoms with E-state index in [4.69, 9.17) is 4.74 Å². The molecule has 3 rings (SSSR count). The molecule has 2 aromatic rings. The van der Waals surface area contributed by atoms with Gasteiger partial charge in [-0.1, -0.05) is 0 Å². The highest BCUT2D eigenvalue weighted by Crippen LogP contribution is 2.30. The molecule has 0 fully saturated rings. The Bertz CT molecular complexity index is 995. The second kappa shape index (κ2) is 7.43. The first kappa shape index (κ1) is 21.3. The number of hydrogen-bond donors (Lipinski definition) is 0. The fourth-order valence-electron chi connectivity index (χ4n) is 2.89. The van der Waals surface area contributed by atoms with E-state index >= 15 is 0 Å². The van der Waals surface area contributed by atoms with Crippen LogP contribution >= 0.6 is 15.9 Å². The number of halogens is 4. The van der Waals surface area contributed by atoms with Crippen LogP contribution in [0.5, 0.6) is 0 Å². The van der Waals surface area contributed by atoms with Crippen molar-refractivity contribution in [2.75, 3.05) is 11.4 Å². The summed E-state index contributed by atoms with van der Waals surface area (Å²) >= 11 is 3.09. The number of fused-ring (bicyclic) bond motifs is 1. The lowest BCUT2D eigenvalue weighted by atomic mass is 10.2. The van der Waals surface area contributed by atoms with Gasteiger partial charge < -0.3 is 14.2 Å². The van der Waals surface area contributed by atoms with E-state index in [1.165, 1.54) is 6.20 Å². The van der Waals surface area contributed by atoms with Crippen molar-refractivity contribution >= 4 is 27.8 Å². The van der Waals surface area contributed by atoms with Gasteiger partial charge in [0.05, 0.1) is 12.7 Å². The summed E-state index contributed by atoms with van der Waals surface area (Å²) in [5.74, 6) is -1.49. The summed E-state index contributed by atoms with van der Waals surface area (Å²) in [6.07, 6.45) is -3.33. The predicted molar refractivity (Wildman–Crippen MR) is 98.1 cm³/mol. The van der Waals surface area contributed by atoms with E-state index in [0.717, 1.165) is 9.13 Å². The molecule has 0 atom stereocenters. The summed E-state index contributed by atoms with van der Waals surface area (Å²) < 4.78 is 46.6. The number of carbonyl (C=O) groups is 1. The highest BCUT2D eigenvalue weighted by atomic mass is 79.9. The van der Waals surface area contributed by atoms with E-state index in [1.807, 2.05) is 0 Å². The molecule has 1 aliphatic heterocycles. The first-order valence-electron chi connectivity index (χ1n) is 8.58. The Labute approximate surface area is 171 Å². The molecule has 0 amide bonds. The highest BCUT2D eigenvalue weighted by molar-refractivity contribution is 9.10. The smallest absolute Gasteiger partial charge is 0.451 e. The van der Waals surface area contributed by atoms with Crippen LogP contribution in [0.3, 0.4) is 0 Å². The molecule has 158 valence electrons. The maximum absolute atomic E-state index is 13.0. The molecular formula is C16H18BrF3N6O3. The van der Waals surface area contributed by atoms with Crippen molar-refractivity contribution in [1.29, 1.82) is 0 Å². The Morgan fingerprint density at radius 3 is 2.55 bits per heavy atom. The Morgan fingerprint density at radius 1 is 1.24 bits per heavy atom. The lowest BCUT2D eigenvalue weighted by Gasteiger charge is -2.30. The first-order valence-corrected chi connectivity index (χ1v) is 9.37. The Morgan fingerprint density at radius 2 is 1.93 bits per heavy atom. The van der Waals surface area contributed by atoms with Crippen LogP contribution in [0, 0.1) is 0 Å². The van der Waals surface area contributed by atoms with Gasteiger partial charge in [-0.15, -0.1) is 10.2 Å². The van der Waals surface area contributed by atoms with Crippen molar-refractivity contribution in [3.63, 3.8) is 0 Å². The van der Waals surface area contributed by atoms with E-state index in [1.54, 1.807) is 25.7 Å². The number of hydrogen-bond acceptors (Lipinski definition) is 7. The Balaban J connectivity index is 1.92. The van der Waals surface area contributed by atoms with Gasteiger partial charge in [0.1, 0.15) is 16.6 Å². The molecule has 0 radical (unpaired) electrons. The molecule has 3 heterocycles. The van der Waals surface area contributed by atoms with Crippen molar-refractivity contribution in [2.45, 2.75) is 52.2 Å². The molecule has 9 nitrogen and oxygen atoms in total. The number of alkyl halides is 3. The lowest BCUT2D eigenvalue weighted by molar-refractivity contribution is -0.155. The normalized spacial score (nSPS) is 14.7. The summed E-state index contributed by atoms with van der Waals surface area (Å²) in [6.45, 7) is 4.72. The number of esters is 1. The van der Waals surface area contributed by atoms with E-state index in [9.17, 15) is 22.8 Å². The number of aromatic nitrogens is 5. The molecule has 0 aromatic carbocycles. The van der Waals surface area contributed by atoms with Gasteiger partial charge in [0, 0.05) is 13.1 Å². The minimum atomic E-state index is -4.61. The average molecular weight is 479 g/mol. The second-order valence-electron chi connectivity index (χ2n) is 7.39. The Kier molecular flexibility index (Phi) is 5.45. The van der Waals surface area contributed by atoms with E-state index in [0.29, 0.717) is 0 Å². The van der Waals surface area contributed by atoms with Gasteiger partial charge in [0.2, 0.25) is 11.8 Å². The van der Waals surface area contributed by atoms with Crippen molar-refractivity contribution in [3.8, 4) is 0 Å². The van der Waals surface area contributed by atoms with Crippen molar-refractivity contribution < 1.29 is 22.7 Å². The fraction of sp³-hybridized carbons (Fsp3) is 0.562. The molecule has 13 heteroatoms. The van der Waals surface area contributed by atoms with Crippen LogP contribution in [-0.4, -0.2) is 42.4 Å². The van der Waals surface area contributed by atoms with E-state index in [-0.39, 0.29) is 35.9 Å². The van der Waals surface area contributed by atoms with Crippen LogP contribution in [0.1, 0.15) is 32.4 Å². The molecule has 0 N–H and O–H groups in total. The molecule has 2 aromatic heterocycles. The van der Waals surface area contributed by atoms with Gasteiger partial charge in [0.25, 0.3) is 5.56 Å². The average Bonchev–Trinajstić information content (AvgIpc) is 3.01. The zero-order chi connectivity index (χ0) is 21.6. The quantitative estimate of drug-likeness (QED) is 0.622. The molecule has 0 spiro atoms. The van der Waals surface area contributed by atoms with Gasteiger partial charge >= 0.3 is 12.1 Å². The molecule has 0 saturated carbocycles. The summed E-state index contributed by atoms with van der Waals surface area (Å²) in [5.41, 5.74) is -1.25. The number of carbonyl (C=O) groups excluding carboxylic acids is 1. The molecule has 0 unspecified atom stereocenters. The molecule has 0 bridgehead atoms. The molecule has 0 aliphatic carbocycles. The standard InChI is InChI=1S/C16H18BrF3N6O3/c1-15(2,3)29-11(27)8-26-12(28)9(17)6-21-14(26)24-4-5-25-10(7-24)22-23-13(25)16(18,19)20/h6H,4-5,7-8H2,1-3H3. The zero-order valence-corrected chi connectivity index (χ0v) is 17.4. The minimum absolute atomic E-state index is 0.0461. The molecule has 0 saturated heterocycles. The zero-order valence-electron chi connectivity index (χ0n) is 15.8. The molecular weight excluding hydrogens is 461 g/mol. The summed E-state index contributed by atoms with van der Waals surface area (Å²) in [5, 5.41) is 6.84. The number of rotatable bonds is 3. The van der Waals surface area contributed by atoms with Crippen LogP contribution in [-0.2, 0) is 35.3 Å². The first-order chi connectivity index (χ1) is 13.4. The maximum atomic E-state index is 13.0. The number of nitrogens with zero attached hydrogens (tertiary/aromatic N) is 6. The summed E-state index contributed by atoms with van der Waals surface area (Å²) in [4.78, 5) is 30.6. The van der Waals surface area contributed by atoms with Crippen LogP contribution in [0.4, 0.5) is 19.1 Å². The summed E-state index contributed by atoms with van der Waals surface area (Å²) in [6, 6.07) is 0. The maximum Gasteiger partial charge on any atom is 0.451 e. The Hall–Kier alpha value is -2.44. The van der Waals surface area contributed by atoms with Gasteiger partial charge in [0.15, 0.2) is 5.82 Å². The third-order valence-electron chi connectivity index (χ3n) is 3.98. The fourth-order valence-corrected chi connectivity index (χ4v) is 3.21. The van der Waals surface area contributed by atoms with Crippen molar-refractivity contribution in [1.82, 2.24) is 24.3 Å². The predicted octanol–water partition coefficient (Wildman–Crippen LogP) is 1.98. The number of ether oxygens (including phenoxy) is 1. The highest BCUT2D eigenvalue weighted by Gasteiger charge is 2.39. The van der Waals surface area contributed by atoms with Crippen LogP contribution in [0.25, 0.3) is 0 Å². The third kappa shape index (κ3) is 4.60. The van der Waals surface area contributed by atoms with Crippen LogP contribution < -0.4 is 10.5 Å². The van der Waals surface area contributed by atoms with Gasteiger partial charge in [-0.25, -0.2) is 4.98 Å². The van der Waals surface area contributed by atoms with Gasteiger partial charge in [-0.2, -0.15) is 13.2 Å².